The normalized spacial score (nSPS) is 18.7. The van der Waals surface area contributed by atoms with Crippen molar-refractivity contribution in [2.45, 2.75) is 44.3 Å². The lowest BCUT2D eigenvalue weighted by Crippen LogP contribution is -2.25. The lowest BCUT2D eigenvalue weighted by atomic mass is 10.0. The summed E-state index contributed by atoms with van der Waals surface area (Å²) < 4.78 is 0.603. The predicted octanol–water partition coefficient (Wildman–Crippen LogP) is 3.48. The molecule has 1 aliphatic heterocycles. The van der Waals surface area contributed by atoms with Gasteiger partial charge in [0.15, 0.2) is 0 Å². The monoisotopic (exact) mass is 293 g/mol. The van der Waals surface area contributed by atoms with Crippen LogP contribution in [-0.2, 0) is 17.6 Å². The number of thiocarbonyl (C=S) groups is 1. The Labute approximate surface area is 124 Å². The number of rotatable bonds is 6. The molecular formula is C15H19NOS2. The van der Waals surface area contributed by atoms with Crippen molar-refractivity contribution in [1.82, 2.24) is 5.32 Å². The van der Waals surface area contributed by atoms with E-state index in [0.717, 1.165) is 12.8 Å². The summed E-state index contributed by atoms with van der Waals surface area (Å²) in [6.45, 7) is 2.22. The highest BCUT2D eigenvalue weighted by molar-refractivity contribution is 8.24. The third-order valence-electron chi connectivity index (χ3n) is 3.28. The lowest BCUT2D eigenvalue weighted by Gasteiger charge is -2.07. The third kappa shape index (κ3) is 4.32. The molecule has 0 saturated carbocycles. The van der Waals surface area contributed by atoms with E-state index < -0.39 is 0 Å². The van der Waals surface area contributed by atoms with Gasteiger partial charge in [0.1, 0.15) is 4.32 Å². The number of amides is 1. The first-order valence-corrected chi connectivity index (χ1v) is 8.07. The van der Waals surface area contributed by atoms with Crippen LogP contribution in [-0.4, -0.2) is 15.5 Å². The molecule has 0 aromatic heterocycles. The summed E-state index contributed by atoms with van der Waals surface area (Å²) in [5.74, 6) is 0.0435. The molecule has 0 radical (unpaired) electrons. The molecule has 0 spiro atoms. The van der Waals surface area contributed by atoms with Crippen LogP contribution in [0.25, 0.3) is 0 Å². The van der Waals surface area contributed by atoms with Crippen LogP contribution < -0.4 is 5.32 Å². The molecule has 0 bridgehead atoms. The first-order valence-electron chi connectivity index (χ1n) is 6.78. The minimum absolute atomic E-state index is 0.0435. The Bertz CT molecular complexity index is 456. The van der Waals surface area contributed by atoms with Crippen molar-refractivity contribution in [3.05, 3.63) is 35.4 Å². The summed E-state index contributed by atoms with van der Waals surface area (Å²) >= 11 is 6.46. The van der Waals surface area contributed by atoms with E-state index >= 15 is 0 Å². The van der Waals surface area contributed by atoms with Crippen LogP contribution in [0.4, 0.5) is 0 Å². The summed E-state index contributed by atoms with van der Waals surface area (Å²) in [6, 6.07) is 8.63. The van der Waals surface area contributed by atoms with E-state index in [1.54, 1.807) is 0 Å². The van der Waals surface area contributed by atoms with Gasteiger partial charge in [0.25, 0.3) is 0 Å². The summed E-state index contributed by atoms with van der Waals surface area (Å²) in [6.07, 6.45) is 5.71. The first kappa shape index (κ1) is 14.5. The molecule has 1 aromatic carbocycles. The number of carbonyl (C=O) groups is 1. The zero-order chi connectivity index (χ0) is 13.7. The van der Waals surface area contributed by atoms with Crippen molar-refractivity contribution in [2.24, 2.45) is 0 Å². The van der Waals surface area contributed by atoms with E-state index in [1.165, 1.54) is 42.2 Å². The quantitative estimate of drug-likeness (QED) is 0.643. The van der Waals surface area contributed by atoms with Gasteiger partial charge in [-0.1, -0.05) is 68.0 Å². The molecule has 4 heteroatoms. The van der Waals surface area contributed by atoms with Gasteiger partial charge >= 0.3 is 0 Å². The molecule has 1 saturated heterocycles. The fourth-order valence-corrected chi connectivity index (χ4v) is 3.47. The molecule has 1 heterocycles. The Morgan fingerprint density at radius 3 is 2.47 bits per heavy atom. The van der Waals surface area contributed by atoms with Gasteiger partial charge in [-0.3, -0.25) is 4.79 Å². The molecule has 102 valence electrons. The van der Waals surface area contributed by atoms with E-state index in [0.29, 0.717) is 4.32 Å². The van der Waals surface area contributed by atoms with E-state index in [-0.39, 0.29) is 11.2 Å². The molecule has 1 aromatic rings. The fourth-order valence-electron chi connectivity index (χ4n) is 2.16. The standard InChI is InChI=1S/C15H19NOS2/c1-2-3-4-5-11-6-8-12(9-7-11)10-13-14(17)16-15(18)19-13/h6-9,13H,2-5,10H2,1H3,(H,16,17,18). The molecule has 1 amide bonds. The number of nitrogens with one attached hydrogen (secondary N) is 1. The van der Waals surface area contributed by atoms with Crippen molar-refractivity contribution in [2.75, 3.05) is 0 Å². The Morgan fingerprint density at radius 2 is 1.89 bits per heavy atom. The number of aryl methyl sites for hydroxylation is 1. The first-order chi connectivity index (χ1) is 9.19. The second-order valence-corrected chi connectivity index (χ2v) is 6.74. The van der Waals surface area contributed by atoms with Crippen molar-refractivity contribution in [3.63, 3.8) is 0 Å². The number of hydrogen-bond donors (Lipinski definition) is 1. The number of carbonyl (C=O) groups excluding carboxylic acids is 1. The minimum Gasteiger partial charge on any atom is -0.311 e. The van der Waals surface area contributed by atoms with Gasteiger partial charge < -0.3 is 5.32 Å². The smallest absolute Gasteiger partial charge is 0.239 e. The van der Waals surface area contributed by atoms with E-state index in [9.17, 15) is 4.79 Å². The average Bonchev–Trinajstić information content (AvgIpc) is 2.70. The second-order valence-electron chi connectivity index (χ2n) is 4.86. The Hall–Kier alpha value is -0.870. The SMILES string of the molecule is CCCCCc1ccc(CC2SC(=S)NC2=O)cc1. The number of benzene rings is 1. The van der Waals surface area contributed by atoms with Crippen molar-refractivity contribution in [1.29, 1.82) is 0 Å². The molecule has 1 unspecified atom stereocenters. The van der Waals surface area contributed by atoms with E-state index in [1.807, 2.05) is 0 Å². The second kappa shape index (κ2) is 7.06. The maximum absolute atomic E-state index is 11.6. The highest BCUT2D eigenvalue weighted by atomic mass is 32.2. The molecule has 1 N–H and O–H groups in total. The van der Waals surface area contributed by atoms with Crippen molar-refractivity contribution >= 4 is 34.2 Å². The zero-order valence-corrected chi connectivity index (χ0v) is 12.8. The van der Waals surface area contributed by atoms with Crippen LogP contribution in [0, 0.1) is 0 Å². The predicted molar refractivity (Wildman–Crippen MR) is 85.5 cm³/mol. The van der Waals surface area contributed by atoms with Gasteiger partial charge in [0.2, 0.25) is 5.91 Å². The van der Waals surface area contributed by atoms with E-state index in [2.05, 4.69) is 36.5 Å². The maximum atomic E-state index is 11.6. The summed E-state index contributed by atoms with van der Waals surface area (Å²) in [7, 11) is 0. The van der Waals surface area contributed by atoms with Gasteiger partial charge in [0.05, 0.1) is 5.25 Å². The van der Waals surface area contributed by atoms with Crippen LogP contribution in [0.1, 0.15) is 37.3 Å². The van der Waals surface area contributed by atoms with Crippen LogP contribution >= 0.6 is 24.0 Å². The summed E-state index contributed by atoms with van der Waals surface area (Å²) in [5, 5.41) is 2.63. The Kier molecular flexibility index (Phi) is 5.40. The van der Waals surface area contributed by atoms with Crippen LogP contribution in [0.5, 0.6) is 0 Å². The Morgan fingerprint density at radius 1 is 1.21 bits per heavy atom. The molecule has 1 aliphatic rings. The molecule has 1 atom stereocenters. The highest BCUT2D eigenvalue weighted by Gasteiger charge is 2.28. The summed E-state index contributed by atoms with van der Waals surface area (Å²) in [5.41, 5.74) is 2.59. The summed E-state index contributed by atoms with van der Waals surface area (Å²) in [4.78, 5) is 11.6. The van der Waals surface area contributed by atoms with Gasteiger partial charge in [0, 0.05) is 0 Å². The van der Waals surface area contributed by atoms with Gasteiger partial charge in [-0.05, 0) is 30.4 Å². The Balaban J connectivity index is 1.88. The maximum Gasteiger partial charge on any atom is 0.239 e. The highest BCUT2D eigenvalue weighted by Crippen LogP contribution is 2.23. The van der Waals surface area contributed by atoms with Crippen molar-refractivity contribution < 1.29 is 4.79 Å². The van der Waals surface area contributed by atoms with Crippen molar-refractivity contribution in [3.8, 4) is 0 Å². The number of thioether (sulfide) groups is 1. The van der Waals surface area contributed by atoms with Gasteiger partial charge in [-0.15, -0.1) is 0 Å². The number of unbranched alkanes of at least 4 members (excludes halogenated alkanes) is 2. The zero-order valence-electron chi connectivity index (χ0n) is 11.1. The molecule has 1 fully saturated rings. The van der Waals surface area contributed by atoms with Crippen LogP contribution in [0.15, 0.2) is 24.3 Å². The van der Waals surface area contributed by atoms with E-state index in [4.69, 9.17) is 12.2 Å². The average molecular weight is 293 g/mol. The topological polar surface area (TPSA) is 29.1 Å². The molecule has 2 nitrogen and oxygen atoms in total. The largest absolute Gasteiger partial charge is 0.311 e. The van der Waals surface area contributed by atoms with Gasteiger partial charge in [-0.25, -0.2) is 0 Å². The third-order valence-corrected chi connectivity index (χ3v) is 4.65. The van der Waals surface area contributed by atoms with Gasteiger partial charge in [-0.2, -0.15) is 0 Å². The minimum atomic E-state index is -0.0570. The fraction of sp³-hybridized carbons (Fsp3) is 0.467. The molecule has 19 heavy (non-hydrogen) atoms. The molecule has 2 rings (SSSR count). The molecular weight excluding hydrogens is 274 g/mol. The van der Waals surface area contributed by atoms with Crippen LogP contribution in [0.2, 0.25) is 0 Å². The van der Waals surface area contributed by atoms with Crippen LogP contribution in [0.3, 0.4) is 0 Å². The number of hydrogen-bond acceptors (Lipinski definition) is 3. The lowest BCUT2D eigenvalue weighted by molar-refractivity contribution is -0.118. The molecule has 0 aliphatic carbocycles.